The highest BCUT2D eigenvalue weighted by molar-refractivity contribution is 5.96. The van der Waals surface area contributed by atoms with Crippen LogP contribution in [-0.2, 0) is 17.8 Å². The fourth-order valence-electron chi connectivity index (χ4n) is 3.68. The number of pyridine rings is 1. The van der Waals surface area contributed by atoms with Gasteiger partial charge in [0.25, 0.3) is 0 Å². The molecule has 0 unspecified atom stereocenters. The molecule has 0 spiro atoms. The normalized spacial score (nSPS) is 14.2. The average molecular weight is 334 g/mol. The molecule has 0 radical (unpaired) electrons. The fourth-order valence-corrected chi connectivity index (χ4v) is 3.68. The van der Waals surface area contributed by atoms with Crippen molar-refractivity contribution in [1.29, 1.82) is 0 Å². The number of fused-ring (bicyclic) bond motifs is 2. The first-order chi connectivity index (χ1) is 12.1. The Bertz CT molecular complexity index is 952. The molecular formula is C20H22N4O. The summed E-state index contributed by atoms with van der Waals surface area (Å²) in [5.41, 5.74) is 4.50. The van der Waals surface area contributed by atoms with Crippen molar-refractivity contribution >= 4 is 16.7 Å². The van der Waals surface area contributed by atoms with E-state index in [9.17, 15) is 4.79 Å². The Balaban J connectivity index is 1.94. The van der Waals surface area contributed by atoms with Crippen molar-refractivity contribution in [3.05, 3.63) is 47.9 Å². The van der Waals surface area contributed by atoms with Crippen LogP contribution in [0.3, 0.4) is 0 Å². The second-order valence-corrected chi connectivity index (χ2v) is 6.91. The van der Waals surface area contributed by atoms with E-state index in [2.05, 4.69) is 41.7 Å². The van der Waals surface area contributed by atoms with Crippen molar-refractivity contribution in [2.45, 2.75) is 39.8 Å². The summed E-state index contributed by atoms with van der Waals surface area (Å²) >= 11 is 0. The highest BCUT2D eigenvalue weighted by atomic mass is 16.2. The summed E-state index contributed by atoms with van der Waals surface area (Å²) in [6, 6.07) is 8.56. The number of hydrogen-bond donors (Lipinski definition) is 0. The lowest BCUT2D eigenvalue weighted by atomic mass is 9.97. The summed E-state index contributed by atoms with van der Waals surface area (Å²) in [5, 5.41) is 7.21. The molecule has 128 valence electrons. The van der Waals surface area contributed by atoms with Crippen molar-refractivity contribution in [2.24, 2.45) is 0 Å². The predicted molar refractivity (Wildman–Crippen MR) is 98.1 cm³/mol. The minimum absolute atomic E-state index is 0.119. The topological polar surface area (TPSA) is 51.0 Å². The van der Waals surface area contributed by atoms with Gasteiger partial charge in [0, 0.05) is 67.1 Å². The third kappa shape index (κ3) is 2.60. The van der Waals surface area contributed by atoms with Crippen molar-refractivity contribution in [3.8, 4) is 11.3 Å². The van der Waals surface area contributed by atoms with Crippen molar-refractivity contribution in [1.82, 2.24) is 19.7 Å². The number of carbonyl (C=O) groups excluding carboxylic acids is 1. The number of benzene rings is 1. The summed E-state index contributed by atoms with van der Waals surface area (Å²) in [6.45, 7) is 7.33. The number of rotatable bonds is 2. The van der Waals surface area contributed by atoms with Crippen LogP contribution in [0.1, 0.15) is 38.1 Å². The molecule has 0 atom stereocenters. The fraction of sp³-hybridized carbons (Fsp3) is 0.350. The van der Waals surface area contributed by atoms with Crippen LogP contribution in [0.4, 0.5) is 0 Å². The quantitative estimate of drug-likeness (QED) is 0.720. The monoisotopic (exact) mass is 334 g/mol. The largest absolute Gasteiger partial charge is 0.338 e. The lowest BCUT2D eigenvalue weighted by molar-refractivity contribution is -0.129. The Kier molecular flexibility index (Phi) is 3.79. The van der Waals surface area contributed by atoms with Gasteiger partial charge in [0.2, 0.25) is 5.91 Å². The lowest BCUT2D eigenvalue weighted by Crippen LogP contribution is -2.34. The Hall–Kier alpha value is -2.69. The first-order valence-electron chi connectivity index (χ1n) is 8.75. The number of aromatic nitrogens is 3. The summed E-state index contributed by atoms with van der Waals surface area (Å²) < 4.78 is 2.12. The molecule has 0 bridgehead atoms. The molecule has 4 rings (SSSR count). The minimum Gasteiger partial charge on any atom is -0.338 e. The molecule has 5 nitrogen and oxygen atoms in total. The van der Waals surface area contributed by atoms with Gasteiger partial charge in [0.1, 0.15) is 0 Å². The van der Waals surface area contributed by atoms with Gasteiger partial charge < -0.3 is 4.90 Å². The Morgan fingerprint density at radius 1 is 1.24 bits per heavy atom. The highest BCUT2D eigenvalue weighted by Crippen LogP contribution is 2.35. The highest BCUT2D eigenvalue weighted by Gasteiger charge is 2.28. The van der Waals surface area contributed by atoms with Gasteiger partial charge in [-0.2, -0.15) is 5.10 Å². The molecule has 0 N–H and O–H groups in total. The van der Waals surface area contributed by atoms with Crippen LogP contribution < -0.4 is 0 Å². The van der Waals surface area contributed by atoms with Crippen molar-refractivity contribution in [2.75, 3.05) is 6.54 Å². The third-order valence-electron chi connectivity index (χ3n) is 4.96. The second kappa shape index (κ2) is 5.99. The maximum atomic E-state index is 11.9. The van der Waals surface area contributed by atoms with E-state index in [1.54, 1.807) is 6.92 Å². The molecule has 3 heterocycles. The van der Waals surface area contributed by atoms with Crippen LogP contribution in [0, 0.1) is 0 Å². The number of hydrogen-bond acceptors (Lipinski definition) is 3. The average Bonchev–Trinajstić information content (AvgIpc) is 3.00. The molecule has 0 saturated carbocycles. The standard InChI is InChI=1S/C20H22N4O/c1-13(2)24-19-8-10-23(14(3)25)12-18(19)20(22-24)16-6-4-5-15-7-9-21-11-17(15)16/h4-7,9,11,13H,8,10,12H2,1-3H3. The van der Waals surface area contributed by atoms with E-state index in [0.717, 1.165) is 35.0 Å². The molecule has 3 aromatic rings. The van der Waals surface area contributed by atoms with Crippen LogP contribution in [0.25, 0.3) is 22.0 Å². The molecule has 2 aromatic heterocycles. The van der Waals surface area contributed by atoms with E-state index >= 15 is 0 Å². The van der Waals surface area contributed by atoms with Gasteiger partial charge in [0.05, 0.1) is 5.69 Å². The van der Waals surface area contributed by atoms with E-state index in [1.807, 2.05) is 23.4 Å². The maximum absolute atomic E-state index is 11.9. The molecule has 25 heavy (non-hydrogen) atoms. The third-order valence-corrected chi connectivity index (χ3v) is 4.96. The molecule has 0 aliphatic carbocycles. The zero-order valence-electron chi connectivity index (χ0n) is 14.9. The van der Waals surface area contributed by atoms with Gasteiger partial charge in [-0.25, -0.2) is 0 Å². The van der Waals surface area contributed by atoms with Crippen molar-refractivity contribution in [3.63, 3.8) is 0 Å². The first-order valence-corrected chi connectivity index (χ1v) is 8.75. The summed E-state index contributed by atoms with van der Waals surface area (Å²) in [7, 11) is 0. The van der Waals surface area contributed by atoms with Crippen LogP contribution in [0.5, 0.6) is 0 Å². The van der Waals surface area contributed by atoms with E-state index in [0.29, 0.717) is 12.6 Å². The molecular weight excluding hydrogens is 312 g/mol. The number of nitrogens with zero attached hydrogens (tertiary/aromatic N) is 4. The van der Waals surface area contributed by atoms with Crippen LogP contribution in [-0.4, -0.2) is 32.1 Å². The lowest BCUT2D eigenvalue weighted by Gasteiger charge is -2.27. The number of carbonyl (C=O) groups is 1. The van der Waals surface area contributed by atoms with E-state index in [-0.39, 0.29) is 5.91 Å². The van der Waals surface area contributed by atoms with Gasteiger partial charge in [-0.05, 0) is 25.3 Å². The van der Waals surface area contributed by atoms with Gasteiger partial charge >= 0.3 is 0 Å². The zero-order valence-corrected chi connectivity index (χ0v) is 14.9. The molecule has 0 fully saturated rings. The second-order valence-electron chi connectivity index (χ2n) is 6.91. The molecule has 0 saturated heterocycles. The van der Waals surface area contributed by atoms with Gasteiger partial charge in [-0.15, -0.1) is 0 Å². The summed E-state index contributed by atoms with van der Waals surface area (Å²) in [4.78, 5) is 18.1. The zero-order chi connectivity index (χ0) is 17.6. The van der Waals surface area contributed by atoms with Crippen molar-refractivity contribution < 1.29 is 4.79 Å². The predicted octanol–water partition coefficient (Wildman–Crippen LogP) is 3.58. The Morgan fingerprint density at radius 2 is 2.08 bits per heavy atom. The van der Waals surface area contributed by atoms with Crippen LogP contribution in [0.15, 0.2) is 36.7 Å². The SMILES string of the molecule is CC(=O)N1CCc2c(c(-c3cccc4ccncc34)nn2C(C)C)C1. The molecule has 1 aromatic carbocycles. The maximum Gasteiger partial charge on any atom is 0.219 e. The molecule has 1 aliphatic heterocycles. The first kappa shape index (κ1) is 15.8. The van der Waals surface area contributed by atoms with Crippen LogP contribution >= 0.6 is 0 Å². The van der Waals surface area contributed by atoms with E-state index in [1.165, 1.54) is 11.3 Å². The molecule has 1 aliphatic rings. The van der Waals surface area contributed by atoms with E-state index in [4.69, 9.17) is 5.10 Å². The number of amides is 1. The van der Waals surface area contributed by atoms with Gasteiger partial charge in [-0.3, -0.25) is 14.5 Å². The summed E-state index contributed by atoms with van der Waals surface area (Å²) in [5.74, 6) is 0.119. The van der Waals surface area contributed by atoms with Crippen LogP contribution in [0.2, 0.25) is 0 Å². The Morgan fingerprint density at radius 3 is 2.84 bits per heavy atom. The molecule has 1 amide bonds. The van der Waals surface area contributed by atoms with Gasteiger partial charge in [-0.1, -0.05) is 18.2 Å². The summed E-state index contributed by atoms with van der Waals surface area (Å²) in [6.07, 6.45) is 4.56. The van der Waals surface area contributed by atoms with Gasteiger partial charge in [0.15, 0.2) is 0 Å². The minimum atomic E-state index is 0.119. The smallest absolute Gasteiger partial charge is 0.219 e. The van der Waals surface area contributed by atoms with E-state index < -0.39 is 0 Å². The Labute approximate surface area is 147 Å². The molecule has 5 heteroatoms.